The summed E-state index contributed by atoms with van der Waals surface area (Å²) in [7, 11) is -1.29. The van der Waals surface area contributed by atoms with E-state index in [2.05, 4.69) is 5.32 Å². The number of sulfone groups is 1. The number of likely N-dealkylation sites (N-methyl/N-ethyl adjacent to an activating group) is 2. The average Bonchev–Trinajstić information content (AvgIpc) is 2.38. The monoisotopic (exact) mass is 320 g/mol. The lowest BCUT2D eigenvalue weighted by molar-refractivity contribution is 0.301. The molecule has 1 aromatic carbocycles. The summed E-state index contributed by atoms with van der Waals surface area (Å²) in [5, 5.41) is 3.10. The van der Waals surface area contributed by atoms with Gasteiger partial charge >= 0.3 is 0 Å². The largest absolute Gasteiger partial charge is 0.309 e. The molecule has 21 heavy (non-hydrogen) atoms. The summed E-state index contributed by atoms with van der Waals surface area (Å²) < 4.78 is 49.5. The third-order valence-corrected chi connectivity index (χ3v) is 4.07. The van der Waals surface area contributed by atoms with Crippen LogP contribution in [0, 0.1) is 11.6 Å². The smallest absolute Gasteiger partial charge is 0.163 e. The molecule has 0 saturated carbocycles. The summed E-state index contributed by atoms with van der Waals surface area (Å²) >= 11 is 0. The zero-order chi connectivity index (χ0) is 16.0. The molecule has 0 radical (unpaired) electrons. The molecule has 1 atom stereocenters. The van der Waals surface area contributed by atoms with Crippen LogP contribution in [0.4, 0.5) is 8.78 Å². The lowest BCUT2D eigenvalue weighted by atomic mass is 10.1. The molecule has 0 spiro atoms. The van der Waals surface area contributed by atoms with Crippen molar-refractivity contribution in [1.29, 1.82) is 0 Å². The van der Waals surface area contributed by atoms with Crippen molar-refractivity contribution in [2.24, 2.45) is 0 Å². The number of nitrogens with one attached hydrogen (secondary N) is 1. The van der Waals surface area contributed by atoms with E-state index in [0.29, 0.717) is 19.6 Å². The van der Waals surface area contributed by atoms with Crippen LogP contribution >= 0.6 is 0 Å². The quantitative estimate of drug-likeness (QED) is 0.790. The van der Waals surface area contributed by atoms with Crippen molar-refractivity contribution in [3.63, 3.8) is 0 Å². The fourth-order valence-corrected chi connectivity index (χ4v) is 2.68. The van der Waals surface area contributed by atoms with E-state index in [9.17, 15) is 17.2 Å². The predicted molar refractivity (Wildman–Crippen MR) is 80.0 cm³/mol. The van der Waals surface area contributed by atoms with Crippen molar-refractivity contribution in [3.8, 4) is 0 Å². The van der Waals surface area contributed by atoms with Crippen LogP contribution in [0.25, 0.3) is 0 Å². The first-order valence-corrected chi connectivity index (χ1v) is 8.84. The van der Waals surface area contributed by atoms with E-state index in [1.807, 2.05) is 6.92 Å². The first-order chi connectivity index (χ1) is 9.74. The minimum Gasteiger partial charge on any atom is -0.309 e. The summed E-state index contributed by atoms with van der Waals surface area (Å²) in [6.45, 7) is 3.21. The second kappa shape index (κ2) is 7.82. The molecule has 0 aliphatic heterocycles. The van der Waals surface area contributed by atoms with Gasteiger partial charge in [0.2, 0.25) is 0 Å². The van der Waals surface area contributed by atoms with Gasteiger partial charge < -0.3 is 10.2 Å². The molecule has 1 aromatic rings. The average molecular weight is 320 g/mol. The standard InChI is InChI=1S/C14H22F2N2O2S/c1-4-17-13(10-18(2)8-9-21(3,19)20)11-6-5-7-12(15)14(11)16/h5-7,13,17H,4,8-10H2,1-3H3. The van der Waals surface area contributed by atoms with Crippen LogP contribution < -0.4 is 5.32 Å². The van der Waals surface area contributed by atoms with Gasteiger partial charge in [0.05, 0.1) is 5.75 Å². The lowest BCUT2D eigenvalue weighted by Crippen LogP contribution is -2.35. The second-order valence-corrected chi connectivity index (χ2v) is 7.41. The molecule has 0 fully saturated rings. The van der Waals surface area contributed by atoms with Crippen molar-refractivity contribution in [1.82, 2.24) is 10.2 Å². The van der Waals surface area contributed by atoms with Crippen LogP contribution in [0.1, 0.15) is 18.5 Å². The first kappa shape index (κ1) is 18.0. The topological polar surface area (TPSA) is 49.4 Å². The van der Waals surface area contributed by atoms with Gasteiger partial charge in [-0.3, -0.25) is 0 Å². The Morgan fingerprint density at radius 3 is 2.57 bits per heavy atom. The van der Waals surface area contributed by atoms with Crippen LogP contribution in [0.2, 0.25) is 0 Å². The highest BCUT2D eigenvalue weighted by atomic mass is 32.2. The Morgan fingerprint density at radius 2 is 2.00 bits per heavy atom. The van der Waals surface area contributed by atoms with Gasteiger partial charge in [-0.2, -0.15) is 0 Å². The summed E-state index contributed by atoms with van der Waals surface area (Å²) in [5.74, 6) is -1.71. The third-order valence-electron chi connectivity index (χ3n) is 3.15. The number of hydrogen-bond donors (Lipinski definition) is 1. The van der Waals surface area contributed by atoms with Gasteiger partial charge in [0, 0.05) is 31.0 Å². The third kappa shape index (κ3) is 6.07. The fourth-order valence-electron chi connectivity index (χ4n) is 2.03. The number of hydrogen-bond acceptors (Lipinski definition) is 4. The Labute approximate surface area is 125 Å². The number of rotatable bonds is 8. The minimum atomic E-state index is -3.04. The van der Waals surface area contributed by atoms with E-state index >= 15 is 0 Å². The van der Waals surface area contributed by atoms with Crippen molar-refractivity contribution < 1.29 is 17.2 Å². The molecule has 0 heterocycles. The zero-order valence-electron chi connectivity index (χ0n) is 12.6. The van der Waals surface area contributed by atoms with Gasteiger partial charge in [-0.15, -0.1) is 0 Å². The molecule has 4 nitrogen and oxygen atoms in total. The summed E-state index contributed by atoms with van der Waals surface area (Å²) in [5.41, 5.74) is 0.253. The van der Waals surface area contributed by atoms with E-state index in [1.54, 1.807) is 11.9 Å². The second-order valence-electron chi connectivity index (χ2n) is 5.15. The summed E-state index contributed by atoms with van der Waals surface area (Å²) in [6.07, 6.45) is 1.18. The fraction of sp³-hybridized carbons (Fsp3) is 0.571. The van der Waals surface area contributed by atoms with Crippen LogP contribution in [0.5, 0.6) is 0 Å². The molecule has 0 bridgehead atoms. The molecule has 1 rings (SSSR count). The first-order valence-electron chi connectivity index (χ1n) is 6.78. The minimum absolute atomic E-state index is 0.0357. The van der Waals surface area contributed by atoms with Crippen molar-refractivity contribution in [2.45, 2.75) is 13.0 Å². The van der Waals surface area contributed by atoms with Gasteiger partial charge in [0.25, 0.3) is 0 Å². The Kier molecular flexibility index (Phi) is 6.70. The van der Waals surface area contributed by atoms with E-state index in [-0.39, 0.29) is 11.3 Å². The molecular weight excluding hydrogens is 298 g/mol. The predicted octanol–water partition coefficient (Wildman–Crippen LogP) is 1.59. The molecule has 1 N–H and O–H groups in total. The number of benzene rings is 1. The maximum atomic E-state index is 13.9. The molecule has 1 unspecified atom stereocenters. The molecule has 7 heteroatoms. The molecule has 0 amide bonds. The summed E-state index contributed by atoms with van der Waals surface area (Å²) in [6, 6.07) is 3.69. The maximum Gasteiger partial charge on any atom is 0.163 e. The van der Waals surface area contributed by atoms with Gasteiger partial charge in [-0.05, 0) is 19.7 Å². The molecule has 0 aromatic heterocycles. The van der Waals surface area contributed by atoms with Gasteiger partial charge in [0.1, 0.15) is 9.84 Å². The highest BCUT2D eigenvalue weighted by Gasteiger charge is 2.19. The van der Waals surface area contributed by atoms with Crippen molar-refractivity contribution in [2.75, 3.05) is 38.7 Å². The molecule has 120 valence electrons. The molecule has 0 aliphatic rings. The maximum absolute atomic E-state index is 13.9. The van der Waals surface area contributed by atoms with Gasteiger partial charge in [-0.25, -0.2) is 17.2 Å². The normalized spacial score (nSPS) is 13.6. The van der Waals surface area contributed by atoms with Crippen LogP contribution in [0.15, 0.2) is 18.2 Å². The van der Waals surface area contributed by atoms with Crippen LogP contribution in [0.3, 0.4) is 0 Å². The SMILES string of the molecule is CCNC(CN(C)CCS(C)(=O)=O)c1cccc(F)c1F. The van der Waals surface area contributed by atoms with Crippen molar-refractivity contribution >= 4 is 9.84 Å². The number of halogens is 2. The highest BCUT2D eigenvalue weighted by molar-refractivity contribution is 7.90. The Bertz CT molecular complexity index is 564. The zero-order valence-corrected chi connectivity index (χ0v) is 13.4. The van der Waals surface area contributed by atoms with Crippen LogP contribution in [-0.4, -0.2) is 52.0 Å². The molecule has 0 aliphatic carbocycles. The highest BCUT2D eigenvalue weighted by Crippen LogP contribution is 2.20. The number of nitrogens with zero attached hydrogens (tertiary/aromatic N) is 1. The van der Waals surface area contributed by atoms with Gasteiger partial charge in [0.15, 0.2) is 11.6 Å². The molecular formula is C14H22F2N2O2S. The van der Waals surface area contributed by atoms with Gasteiger partial charge in [-0.1, -0.05) is 19.1 Å². The van der Waals surface area contributed by atoms with E-state index in [0.717, 1.165) is 6.07 Å². The Hall–Kier alpha value is -1.05. The van der Waals surface area contributed by atoms with Crippen LogP contribution in [-0.2, 0) is 9.84 Å². The lowest BCUT2D eigenvalue weighted by Gasteiger charge is -2.25. The van der Waals surface area contributed by atoms with E-state index in [4.69, 9.17) is 0 Å². The Balaban J connectivity index is 2.80. The molecule has 0 saturated heterocycles. The van der Waals surface area contributed by atoms with Crippen molar-refractivity contribution in [3.05, 3.63) is 35.4 Å². The van der Waals surface area contributed by atoms with E-state index < -0.39 is 27.5 Å². The van der Waals surface area contributed by atoms with E-state index in [1.165, 1.54) is 18.4 Å². The Morgan fingerprint density at radius 1 is 1.33 bits per heavy atom. The summed E-state index contributed by atoms with van der Waals surface area (Å²) in [4.78, 5) is 1.79.